The average molecular weight is 285 g/mol. The normalized spacial score (nSPS) is 11.5. The van der Waals surface area contributed by atoms with Crippen molar-refractivity contribution < 1.29 is 22.3 Å². The van der Waals surface area contributed by atoms with Crippen molar-refractivity contribution in [3.8, 4) is 0 Å². The minimum Gasteiger partial charge on any atom is -0.445 e. The summed E-state index contributed by atoms with van der Waals surface area (Å²) >= 11 is 0. The van der Waals surface area contributed by atoms with E-state index in [1.54, 1.807) is 0 Å². The molecule has 0 saturated carbocycles. The largest absolute Gasteiger partial charge is 0.445 e. The second-order valence-electron chi connectivity index (χ2n) is 3.90. The molecule has 0 amide bonds. The molecular weight excluding hydrogens is 273 g/mol. The molecule has 0 bridgehead atoms. The molecule has 2 aromatic rings. The van der Waals surface area contributed by atoms with Gasteiger partial charge in [0.15, 0.2) is 0 Å². The van der Waals surface area contributed by atoms with Crippen LogP contribution in [0.1, 0.15) is 11.3 Å². The highest BCUT2D eigenvalue weighted by Crippen LogP contribution is 2.22. The number of halogens is 1. The van der Waals surface area contributed by atoms with Crippen LogP contribution in [0, 0.1) is 12.7 Å². The highest BCUT2D eigenvalue weighted by Gasteiger charge is 2.20. The van der Waals surface area contributed by atoms with Gasteiger partial charge in [-0.3, -0.25) is 4.72 Å². The van der Waals surface area contributed by atoms with Crippen molar-refractivity contribution in [1.82, 2.24) is 0 Å². The Morgan fingerprint density at radius 3 is 2.68 bits per heavy atom. The number of anilines is 1. The van der Waals surface area contributed by atoms with Crippen molar-refractivity contribution in [2.24, 2.45) is 0 Å². The maximum absolute atomic E-state index is 13.3. The van der Waals surface area contributed by atoms with Crippen molar-refractivity contribution >= 4 is 15.7 Å². The van der Waals surface area contributed by atoms with Crippen molar-refractivity contribution in [1.29, 1.82) is 0 Å². The Hall–Kier alpha value is -1.86. The van der Waals surface area contributed by atoms with E-state index in [0.717, 1.165) is 0 Å². The molecule has 102 valence electrons. The summed E-state index contributed by atoms with van der Waals surface area (Å²) in [5.41, 5.74) is 0.335. The first-order valence-corrected chi connectivity index (χ1v) is 6.90. The van der Waals surface area contributed by atoms with E-state index < -0.39 is 22.4 Å². The van der Waals surface area contributed by atoms with E-state index in [1.807, 2.05) is 0 Å². The highest BCUT2D eigenvalue weighted by molar-refractivity contribution is 7.92. The zero-order valence-electron chi connectivity index (χ0n) is 10.1. The molecule has 0 aliphatic heterocycles. The minimum absolute atomic E-state index is 0.135. The predicted molar refractivity (Wildman–Crippen MR) is 66.6 cm³/mol. The van der Waals surface area contributed by atoms with Crippen LogP contribution in [0.3, 0.4) is 0 Å². The van der Waals surface area contributed by atoms with Gasteiger partial charge >= 0.3 is 0 Å². The Labute approximate surface area is 109 Å². The van der Waals surface area contributed by atoms with Crippen LogP contribution in [0.2, 0.25) is 0 Å². The summed E-state index contributed by atoms with van der Waals surface area (Å²) in [5.74, 6) is -0.368. The number of hydrogen-bond donors (Lipinski definition) is 2. The van der Waals surface area contributed by atoms with Gasteiger partial charge in [-0.15, -0.1) is 0 Å². The maximum Gasteiger partial charge on any atom is 0.295 e. The molecule has 0 unspecified atom stereocenters. The van der Waals surface area contributed by atoms with Gasteiger partial charge in [-0.25, -0.2) is 4.39 Å². The Kier molecular flexibility index (Phi) is 3.59. The van der Waals surface area contributed by atoms with Crippen LogP contribution >= 0.6 is 0 Å². The van der Waals surface area contributed by atoms with Crippen LogP contribution in [-0.2, 0) is 16.6 Å². The number of aliphatic hydroxyl groups excluding tert-OH is 1. The van der Waals surface area contributed by atoms with Crippen molar-refractivity contribution in [3.63, 3.8) is 0 Å². The number of hydrogen-bond acceptors (Lipinski definition) is 4. The van der Waals surface area contributed by atoms with Gasteiger partial charge in [-0.05, 0) is 31.2 Å². The molecule has 2 rings (SSSR count). The molecule has 1 heterocycles. The molecule has 0 atom stereocenters. The molecule has 1 aromatic heterocycles. The van der Waals surface area contributed by atoms with E-state index in [1.165, 1.54) is 37.3 Å². The van der Waals surface area contributed by atoms with E-state index in [4.69, 9.17) is 9.52 Å². The van der Waals surface area contributed by atoms with Gasteiger partial charge in [0.2, 0.25) is 5.09 Å². The topological polar surface area (TPSA) is 79.5 Å². The molecule has 5 nitrogen and oxygen atoms in total. The maximum atomic E-state index is 13.3. The van der Waals surface area contributed by atoms with Crippen LogP contribution in [-0.4, -0.2) is 13.5 Å². The molecule has 0 radical (unpaired) electrons. The number of aliphatic hydroxyl groups is 1. The van der Waals surface area contributed by atoms with Gasteiger partial charge in [-0.1, -0.05) is 6.07 Å². The van der Waals surface area contributed by atoms with Gasteiger partial charge in [0.25, 0.3) is 10.0 Å². The summed E-state index contributed by atoms with van der Waals surface area (Å²) in [6.45, 7) is 1.07. The first-order chi connectivity index (χ1) is 8.94. The van der Waals surface area contributed by atoms with E-state index in [-0.39, 0.29) is 22.1 Å². The molecule has 0 aliphatic carbocycles. The third-order valence-electron chi connectivity index (χ3n) is 2.57. The van der Waals surface area contributed by atoms with Gasteiger partial charge in [0.05, 0.1) is 5.69 Å². The monoisotopic (exact) mass is 285 g/mol. The summed E-state index contributed by atoms with van der Waals surface area (Å²) in [6, 6.07) is 6.67. The molecule has 0 fully saturated rings. The zero-order chi connectivity index (χ0) is 14.0. The molecule has 19 heavy (non-hydrogen) atoms. The molecule has 0 aliphatic rings. The molecule has 2 N–H and O–H groups in total. The standard InChI is InChI=1S/C12H12FNO4S/c1-8-10(13)3-2-4-11(8)14-19(16,17)12-6-5-9(7-15)18-12/h2-6,14-15H,7H2,1H3. The molecule has 0 spiro atoms. The number of rotatable bonds is 4. The van der Waals surface area contributed by atoms with Crippen molar-refractivity contribution in [3.05, 3.63) is 47.5 Å². The first kappa shape index (κ1) is 13.6. The lowest BCUT2D eigenvalue weighted by molar-refractivity contribution is 0.236. The average Bonchev–Trinajstić information content (AvgIpc) is 2.84. The lowest BCUT2D eigenvalue weighted by atomic mass is 10.2. The molecular formula is C12H12FNO4S. The summed E-state index contributed by atoms with van der Waals surface area (Å²) < 4.78 is 44.5. The third-order valence-corrected chi connectivity index (χ3v) is 3.81. The fraction of sp³-hybridized carbons (Fsp3) is 0.167. The van der Waals surface area contributed by atoms with Gasteiger partial charge in [-0.2, -0.15) is 8.42 Å². The SMILES string of the molecule is Cc1c(F)cccc1NS(=O)(=O)c1ccc(CO)o1. The Bertz CT molecular complexity index is 694. The van der Waals surface area contributed by atoms with Crippen LogP contribution in [0.25, 0.3) is 0 Å². The molecule has 1 aromatic carbocycles. The van der Waals surface area contributed by atoms with E-state index in [9.17, 15) is 12.8 Å². The second-order valence-corrected chi connectivity index (χ2v) is 5.51. The van der Waals surface area contributed by atoms with Crippen LogP contribution in [0.15, 0.2) is 39.8 Å². The quantitative estimate of drug-likeness (QED) is 0.900. The van der Waals surface area contributed by atoms with Crippen molar-refractivity contribution in [2.45, 2.75) is 18.6 Å². The molecule has 7 heteroatoms. The number of nitrogens with one attached hydrogen (secondary N) is 1. The van der Waals surface area contributed by atoms with Crippen LogP contribution in [0.5, 0.6) is 0 Å². The van der Waals surface area contributed by atoms with E-state index in [2.05, 4.69) is 4.72 Å². The fourth-order valence-corrected chi connectivity index (χ4v) is 2.58. The minimum atomic E-state index is -3.94. The third kappa shape index (κ3) is 2.77. The van der Waals surface area contributed by atoms with Crippen LogP contribution < -0.4 is 4.72 Å². The summed E-state index contributed by atoms with van der Waals surface area (Å²) in [5, 5.41) is 8.50. The zero-order valence-corrected chi connectivity index (χ0v) is 10.9. The van der Waals surface area contributed by atoms with Gasteiger partial charge < -0.3 is 9.52 Å². The van der Waals surface area contributed by atoms with E-state index >= 15 is 0 Å². The lowest BCUT2D eigenvalue weighted by Gasteiger charge is -2.09. The Morgan fingerprint density at radius 2 is 2.05 bits per heavy atom. The van der Waals surface area contributed by atoms with Gasteiger partial charge in [0, 0.05) is 5.56 Å². The number of furan rings is 1. The second kappa shape index (κ2) is 5.02. The van der Waals surface area contributed by atoms with Gasteiger partial charge in [0.1, 0.15) is 18.2 Å². The fourth-order valence-electron chi connectivity index (χ4n) is 1.50. The first-order valence-electron chi connectivity index (χ1n) is 5.41. The summed E-state index contributed by atoms with van der Waals surface area (Å²) in [6.07, 6.45) is 0. The highest BCUT2D eigenvalue weighted by atomic mass is 32.2. The Morgan fingerprint density at radius 1 is 1.32 bits per heavy atom. The van der Waals surface area contributed by atoms with Crippen LogP contribution in [0.4, 0.5) is 10.1 Å². The lowest BCUT2D eigenvalue weighted by Crippen LogP contribution is -2.13. The van der Waals surface area contributed by atoms with E-state index in [0.29, 0.717) is 0 Å². The summed E-state index contributed by atoms with van der Waals surface area (Å²) in [4.78, 5) is 0. The smallest absolute Gasteiger partial charge is 0.295 e. The Balaban J connectivity index is 2.33. The predicted octanol–water partition coefficient (Wildman–Crippen LogP) is 2.02. The molecule has 0 saturated heterocycles. The number of benzene rings is 1. The summed E-state index contributed by atoms with van der Waals surface area (Å²) in [7, 11) is -3.94. The van der Waals surface area contributed by atoms with Crippen molar-refractivity contribution in [2.75, 3.05) is 4.72 Å². The number of sulfonamides is 1.